The van der Waals surface area contributed by atoms with E-state index in [9.17, 15) is 4.79 Å². The predicted molar refractivity (Wildman–Crippen MR) is 92.0 cm³/mol. The van der Waals surface area contributed by atoms with Gasteiger partial charge in [0.2, 0.25) is 0 Å². The van der Waals surface area contributed by atoms with Gasteiger partial charge in [0.05, 0.1) is 0 Å². The van der Waals surface area contributed by atoms with E-state index in [4.69, 9.17) is 4.74 Å². The summed E-state index contributed by atoms with van der Waals surface area (Å²) >= 11 is 7.20. The zero-order chi connectivity index (χ0) is 15.6. The Hall–Kier alpha value is -0.550. The molecule has 0 bridgehead atoms. The van der Waals surface area contributed by atoms with Gasteiger partial charge in [0.1, 0.15) is 5.60 Å². The van der Waals surface area contributed by atoms with Crippen molar-refractivity contribution in [2.75, 3.05) is 18.4 Å². The third kappa shape index (κ3) is 4.22. The van der Waals surface area contributed by atoms with Gasteiger partial charge in [0.25, 0.3) is 0 Å². The van der Waals surface area contributed by atoms with Crippen LogP contribution >= 0.6 is 31.9 Å². The highest BCUT2D eigenvalue weighted by molar-refractivity contribution is 9.10. The molecule has 0 spiro atoms. The third-order valence-electron chi connectivity index (χ3n) is 3.60. The minimum absolute atomic E-state index is 0.219. The first-order valence-corrected chi connectivity index (χ1v) is 9.01. The standard InChI is InChI=1S/C16H21Br2NO2/c1-16(2,3)21-15(20)19-9-11(8-17)13(10-19)12-6-4-5-7-14(12)18/h4-7,11,13H,8-10H2,1-3H3/t11-,13-/m1/s1. The number of benzene rings is 1. The second-order valence-electron chi connectivity index (χ2n) is 6.43. The number of ether oxygens (including phenoxy) is 1. The van der Waals surface area contributed by atoms with Crippen LogP contribution in [0.25, 0.3) is 0 Å². The van der Waals surface area contributed by atoms with Crippen LogP contribution in [0.2, 0.25) is 0 Å². The fourth-order valence-electron chi connectivity index (χ4n) is 2.63. The van der Waals surface area contributed by atoms with Gasteiger partial charge in [-0.05, 0) is 38.3 Å². The molecule has 21 heavy (non-hydrogen) atoms. The van der Waals surface area contributed by atoms with Crippen molar-refractivity contribution in [3.63, 3.8) is 0 Å². The number of alkyl halides is 1. The first kappa shape index (κ1) is 16.8. The molecule has 0 unspecified atom stereocenters. The van der Waals surface area contributed by atoms with E-state index in [0.29, 0.717) is 18.4 Å². The molecule has 2 rings (SSSR count). The van der Waals surface area contributed by atoms with Gasteiger partial charge >= 0.3 is 6.09 Å². The molecule has 0 N–H and O–H groups in total. The molecule has 0 radical (unpaired) electrons. The van der Waals surface area contributed by atoms with Crippen molar-refractivity contribution in [2.45, 2.75) is 32.3 Å². The number of hydrogen-bond donors (Lipinski definition) is 0. The molecule has 0 aliphatic carbocycles. The summed E-state index contributed by atoms with van der Waals surface area (Å²) in [6, 6.07) is 8.23. The van der Waals surface area contributed by atoms with E-state index in [0.717, 1.165) is 16.3 Å². The molecule has 3 nitrogen and oxygen atoms in total. The second kappa shape index (κ2) is 6.69. The van der Waals surface area contributed by atoms with Crippen LogP contribution in [0.4, 0.5) is 4.79 Å². The summed E-state index contributed by atoms with van der Waals surface area (Å²) in [6.07, 6.45) is -0.219. The quantitative estimate of drug-likeness (QED) is 0.646. The number of nitrogens with zero attached hydrogens (tertiary/aromatic N) is 1. The van der Waals surface area contributed by atoms with E-state index in [1.165, 1.54) is 5.56 Å². The highest BCUT2D eigenvalue weighted by Gasteiger charge is 2.37. The van der Waals surface area contributed by atoms with Gasteiger partial charge in [-0.15, -0.1) is 0 Å². The molecule has 116 valence electrons. The van der Waals surface area contributed by atoms with Crippen molar-refractivity contribution in [2.24, 2.45) is 5.92 Å². The highest BCUT2D eigenvalue weighted by Crippen LogP contribution is 2.37. The third-order valence-corrected chi connectivity index (χ3v) is 5.15. The minimum Gasteiger partial charge on any atom is -0.444 e. The fourth-order valence-corrected chi connectivity index (χ4v) is 3.87. The van der Waals surface area contributed by atoms with E-state index in [-0.39, 0.29) is 6.09 Å². The molecule has 5 heteroatoms. The van der Waals surface area contributed by atoms with Gasteiger partial charge in [-0.25, -0.2) is 4.79 Å². The average Bonchev–Trinajstić information content (AvgIpc) is 2.81. The topological polar surface area (TPSA) is 29.5 Å². The summed E-state index contributed by atoms with van der Waals surface area (Å²) < 4.78 is 6.59. The van der Waals surface area contributed by atoms with Crippen molar-refractivity contribution in [1.29, 1.82) is 0 Å². The maximum absolute atomic E-state index is 12.3. The molecule has 1 aromatic rings. The fraction of sp³-hybridized carbons (Fsp3) is 0.562. The number of amides is 1. The monoisotopic (exact) mass is 417 g/mol. The number of halogens is 2. The molecule has 0 aromatic heterocycles. The minimum atomic E-state index is -0.452. The van der Waals surface area contributed by atoms with E-state index in [1.54, 1.807) is 0 Å². The first-order chi connectivity index (χ1) is 9.81. The number of likely N-dealkylation sites (tertiary alicyclic amines) is 1. The van der Waals surface area contributed by atoms with Gasteiger partial charge in [0, 0.05) is 28.8 Å². The number of hydrogen-bond acceptors (Lipinski definition) is 2. The smallest absolute Gasteiger partial charge is 0.410 e. The Kier molecular flexibility index (Phi) is 5.36. The number of rotatable bonds is 2. The summed E-state index contributed by atoms with van der Waals surface area (Å²) in [4.78, 5) is 14.1. The Labute approximate surface area is 143 Å². The van der Waals surface area contributed by atoms with E-state index >= 15 is 0 Å². The number of carbonyl (C=O) groups is 1. The van der Waals surface area contributed by atoms with E-state index in [2.05, 4.69) is 44.0 Å². The van der Waals surface area contributed by atoms with Crippen LogP contribution in [-0.4, -0.2) is 35.0 Å². The van der Waals surface area contributed by atoms with Gasteiger partial charge in [-0.2, -0.15) is 0 Å². The first-order valence-electron chi connectivity index (χ1n) is 7.10. The zero-order valence-electron chi connectivity index (χ0n) is 12.6. The Morgan fingerprint density at radius 3 is 2.57 bits per heavy atom. The van der Waals surface area contributed by atoms with Crippen molar-refractivity contribution >= 4 is 38.0 Å². The molecule has 1 saturated heterocycles. The van der Waals surface area contributed by atoms with Crippen LogP contribution in [0.15, 0.2) is 28.7 Å². The molecule has 1 fully saturated rings. The zero-order valence-corrected chi connectivity index (χ0v) is 15.8. The molecule has 1 aliphatic rings. The Morgan fingerprint density at radius 2 is 2.00 bits per heavy atom. The lowest BCUT2D eigenvalue weighted by Crippen LogP contribution is -2.35. The van der Waals surface area contributed by atoms with Crippen LogP contribution in [0.3, 0.4) is 0 Å². The number of carbonyl (C=O) groups excluding carboxylic acids is 1. The van der Waals surface area contributed by atoms with Crippen LogP contribution in [-0.2, 0) is 4.74 Å². The van der Waals surface area contributed by atoms with Gasteiger partial charge < -0.3 is 9.64 Å². The van der Waals surface area contributed by atoms with Crippen LogP contribution in [0, 0.1) is 5.92 Å². The summed E-state index contributed by atoms with van der Waals surface area (Å²) in [5.74, 6) is 0.726. The summed E-state index contributed by atoms with van der Waals surface area (Å²) in [5, 5.41) is 0.873. The Balaban J connectivity index is 2.15. The highest BCUT2D eigenvalue weighted by atomic mass is 79.9. The van der Waals surface area contributed by atoms with Crippen molar-refractivity contribution in [3.05, 3.63) is 34.3 Å². The van der Waals surface area contributed by atoms with Gasteiger partial charge in [-0.3, -0.25) is 0 Å². The lowest BCUT2D eigenvalue weighted by Gasteiger charge is -2.24. The van der Waals surface area contributed by atoms with Crippen LogP contribution in [0.5, 0.6) is 0 Å². The molecule has 1 heterocycles. The summed E-state index contributed by atoms with van der Waals surface area (Å²) in [5.41, 5.74) is 0.805. The maximum Gasteiger partial charge on any atom is 0.410 e. The average molecular weight is 419 g/mol. The molecule has 1 aromatic carbocycles. The molecule has 2 atom stereocenters. The predicted octanol–water partition coefficient (Wildman–Crippen LogP) is 4.79. The summed E-state index contributed by atoms with van der Waals surface area (Å²) in [6.45, 7) is 7.12. The SMILES string of the molecule is CC(C)(C)OC(=O)N1C[C@@H](CBr)[C@H](c2ccccc2Br)C1. The largest absolute Gasteiger partial charge is 0.444 e. The van der Waals surface area contributed by atoms with Crippen molar-refractivity contribution in [1.82, 2.24) is 4.90 Å². The van der Waals surface area contributed by atoms with E-state index < -0.39 is 5.60 Å². The molecular weight excluding hydrogens is 398 g/mol. The Morgan fingerprint density at radius 1 is 1.33 bits per heavy atom. The lowest BCUT2D eigenvalue weighted by atomic mass is 9.90. The van der Waals surface area contributed by atoms with Gasteiger partial charge in [0.15, 0.2) is 0 Å². The van der Waals surface area contributed by atoms with Crippen LogP contribution < -0.4 is 0 Å². The normalized spacial score (nSPS) is 22.4. The maximum atomic E-state index is 12.3. The molecule has 1 aliphatic heterocycles. The molecule has 0 saturated carbocycles. The van der Waals surface area contributed by atoms with Crippen molar-refractivity contribution < 1.29 is 9.53 Å². The Bertz CT molecular complexity index is 513. The van der Waals surface area contributed by atoms with E-state index in [1.807, 2.05) is 37.8 Å². The van der Waals surface area contributed by atoms with Crippen molar-refractivity contribution in [3.8, 4) is 0 Å². The lowest BCUT2D eigenvalue weighted by molar-refractivity contribution is 0.0288. The van der Waals surface area contributed by atoms with Gasteiger partial charge in [-0.1, -0.05) is 50.1 Å². The molecule has 1 amide bonds. The second-order valence-corrected chi connectivity index (χ2v) is 7.93. The van der Waals surface area contributed by atoms with Crippen LogP contribution in [0.1, 0.15) is 32.3 Å². The summed E-state index contributed by atoms with van der Waals surface area (Å²) in [7, 11) is 0. The molecular formula is C16H21Br2NO2.